The maximum atomic E-state index is 10.8. The van der Waals surface area contributed by atoms with Crippen LogP contribution in [0, 0.1) is 16.0 Å². The van der Waals surface area contributed by atoms with Gasteiger partial charge in [0.1, 0.15) is 6.23 Å². The van der Waals surface area contributed by atoms with Crippen LogP contribution in [0.3, 0.4) is 0 Å². The fourth-order valence-electron chi connectivity index (χ4n) is 3.14. The van der Waals surface area contributed by atoms with Crippen molar-refractivity contribution in [2.24, 2.45) is 5.92 Å². The van der Waals surface area contributed by atoms with Gasteiger partial charge in [0.2, 0.25) is 0 Å². The number of piperidine rings is 1. The van der Waals surface area contributed by atoms with Crippen LogP contribution >= 0.6 is 12.4 Å². The molecule has 3 rings (SSSR count). The zero-order valence-electron chi connectivity index (χ0n) is 11.7. The summed E-state index contributed by atoms with van der Waals surface area (Å²) >= 11 is 0. The SMILES string of the molecule is Cl.O=[N+]([O-])c1ccc2c(c1)C(O)N(CC1CCNCC1)C2. The zero-order chi connectivity index (χ0) is 14.1. The normalized spacial score (nSPS) is 22.6. The topological polar surface area (TPSA) is 78.6 Å². The third kappa shape index (κ3) is 3.35. The lowest BCUT2D eigenvalue weighted by atomic mass is 9.97. The molecule has 2 aliphatic heterocycles. The number of non-ortho nitro benzene ring substituents is 1. The smallest absolute Gasteiger partial charge is 0.269 e. The summed E-state index contributed by atoms with van der Waals surface area (Å²) in [6.45, 7) is 3.60. The Morgan fingerprint density at radius 1 is 1.38 bits per heavy atom. The zero-order valence-corrected chi connectivity index (χ0v) is 12.5. The van der Waals surface area contributed by atoms with Crippen molar-refractivity contribution in [3.63, 3.8) is 0 Å². The van der Waals surface area contributed by atoms with E-state index < -0.39 is 11.2 Å². The summed E-state index contributed by atoms with van der Waals surface area (Å²) in [7, 11) is 0. The monoisotopic (exact) mass is 313 g/mol. The van der Waals surface area contributed by atoms with E-state index in [-0.39, 0.29) is 18.1 Å². The minimum Gasteiger partial charge on any atom is -0.374 e. The molecule has 0 aliphatic carbocycles. The number of halogens is 1. The van der Waals surface area contributed by atoms with Gasteiger partial charge in [0, 0.05) is 30.8 Å². The minimum absolute atomic E-state index is 0. The Morgan fingerprint density at radius 3 is 2.76 bits per heavy atom. The Kier molecular flexibility index (Phi) is 5.16. The molecule has 0 spiro atoms. The highest BCUT2D eigenvalue weighted by molar-refractivity contribution is 5.85. The largest absolute Gasteiger partial charge is 0.374 e. The summed E-state index contributed by atoms with van der Waals surface area (Å²) in [4.78, 5) is 12.4. The van der Waals surface area contributed by atoms with Crippen molar-refractivity contribution in [1.82, 2.24) is 10.2 Å². The van der Waals surface area contributed by atoms with E-state index in [1.165, 1.54) is 12.1 Å². The number of hydrogen-bond donors (Lipinski definition) is 2. The second kappa shape index (κ2) is 6.70. The van der Waals surface area contributed by atoms with Gasteiger partial charge in [-0.1, -0.05) is 6.07 Å². The highest BCUT2D eigenvalue weighted by atomic mass is 35.5. The first kappa shape index (κ1) is 16.2. The summed E-state index contributed by atoms with van der Waals surface area (Å²) in [5.74, 6) is 0.593. The molecule has 0 saturated carbocycles. The summed E-state index contributed by atoms with van der Waals surface area (Å²) in [6, 6.07) is 4.78. The van der Waals surface area contributed by atoms with Crippen molar-refractivity contribution in [3.05, 3.63) is 39.4 Å². The molecule has 1 aromatic carbocycles. The second-order valence-corrected chi connectivity index (χ2v) is 5.64. The fourth-order valence-corrected chi connectivity index (χ4v) is 3.14. The number of hydrogen-bond acceptors (Lipinski definition) is 5. The quantitative estimate of drug-likeness (QED) is 0.657. The first-order valence-electron chi connectivity index (χ1n) is 7.05. The Morgan fingerprint density at radius 2 is 2.10 bits per heavy atom. The van der Waals surface area contributed by atoms with Crippen molar-refractivity contribution in [3.8, 4) is 0 Å². The molecule has 1 saturated heterocycles. The van der Waals surface area contributed by atoms with E-state index in [1.54, 1.807) is 6.07 Å². The van der Waals surface area contributed by atoms with Crippen molar-refractivity contribution in [1.29, 1.82) is 0 Å². The van der Waals surface area contributed by atoms with Crippen molar-refractivity contribution in [2.45, 2.75) is 25.6 Å². The number of nitro benzene ring substituents is 1. The van der Waals surface area contributed by atoms with E-state index in [9.17, 15) is 15.2 Å². The summed E-state index contributed by atoms with van der Waals surface area (Å²) < 4.78 is 0. The molecule has 0 radical (unpaired) electrons. The van der Waals surface area contributed by atoms with E-state index in [4.69, 9.17) is 0 Å². The molecule has 2 N–H and O–H groups in total. The molecule has 2 aliphatic rings. The lowest BCUT2D eigenvalue weighted by Crippen LogP contribution is -2.35. The van der Waals surface area contributed by atoms with Gasteiger partial charge in [-0.15, -0.1) is 12.4 Å². The Hall–Kier alpha value is -1.21. The van der Waals surface area contributed by atoms with Crippen LogP contribution in [-0.2, 0) is 6.54 Å². The number of benzene rings is 1. The number of rotatable bonds is 3. The molecule has 1 unspecified atom stereocenters. The van der Waals surface area contributed by atoms with Crippen LogP contribution in [0.2, 0.25) is 0 Å². The van der Waals surface area contributed by atoms with E-state index >= 15 is 0 Å². The third-order valence-corrected chi connectivity index (χ3v) is 4.29. The Labute approximate surface area is 129 Å². The molecule has 1 fully saturated rings. The van der Waals surface area contributed by atoms with Crippen LogP contribution in [0.5, 0.6) is 0 Å². The first-order chi connectivity index (χ1) is 9.65. The standard InChI is InChI=1S/C14H19N3O3.ClH/c18-14-13-7-12(17(19)20)2-1-11(13)9-16(14)8-10-3-5-15-6-4-10;/h1-2,7,10,14-15,18H,3-6,8-9H2;1H. The predicted molar refractivity (Wildman–Crippen MR) is 81.3 cm³/mol. The summed E-state index contributed by atoms with van der Waals surface area (Å²) in [5, 5.41) is 24.5. The average molecular weight is 314 g/mol. The van der Waals surface area contributed by atoms with Crippen LogP contribution in [0.1, 0.15) is 30.2 Å². The summed E-state index contributed by atoms with van der Waals surface area (Å²) in [5.41, 5.74) is 1.73. The van der Waals surface area contributed by atoms with Crippen LogP contribution in [0.4, 0.5) is 5.69 Å². The molecule has 0 aromatic heterocycles. The van der Waals surface area contributed by atoms with Crippen LogP contribution < -0.4 is 5.32 Å². The van der Waals surface area contributed by atoms with Crippen LogP contribution in [-0.4, -0.2) is 34.6 Å². The molecule has 0 bridgehead atoms. The average Bonchev–Trinajstić information content (AvgIpc) is 2.76. The first-order valence-corrected chi connectivity index (χ1v) is 7.05. The Balaban J connectivity index is 0.00000161. The van der Waals surface area contributed by atoms with Crippen LogP contribution in [0.15, 0.2) is 18.2 Å². The van der Waals surface area contributed by atoms with E-state index in [1.807, 2.05) is 4.90 Å². The molecule has 116 valence electrons. The van der Waals surface area contributed by atoms with Crippen molar-refractivity contribution in [2.75, 3.05) is 19.6 Å². The summed E-state index contributed by atoms with van der Waals surface area (Å²) in [6.07, 6.45) is 1.54. The highest BCUT2D eigenvalue weighted by Crippen LogP contribution is 2.35. The number of aliphatic hydroxyl groups excluding tert-OH is 1. The van der Waals surface area contributed by atoms with Crippen LogP contribution in [0.25, 0.3) is 0 Å². The van der Waals surface area contributed by atoms with E-state index in [2.05, 4.69) is 5.32 Å². The lowest BCUT2D eigenvalue weighted by Gasteiger charge is -2.29. The predicted octanol–water partition coefficient (Wildman–Crippen LogP) is 1.82. The Bertz CT molecular complexity index is 520. The second-order valence-electron chi connectivity index (χ2n) is 5.64. The minimum atomic E-state index is -0.709. The van der Waals surface area contributed by atoms with Gasteiger partial charge in [-0.05, 0) is 37.4 Å². The van der Waals surface area contributed by atoms with E-state index in [0.717, 1.165) is 38.0 Å². The van der Waals surface area contributed by atoms with Crippen molar-refractivity contribution < 1.29 is 10.0 Å². The molecular formula is C14H20ClN3O3. The molecule has 21 heavy (non-hydrogen) atoms. The number of fused-ring (bicyclic) bond motifs is 1. The molecule has 1 aromatic rings. The van der Waals surface area contributed by atoms with Gasteiger partial charge in [-0.3, -0.25) is 15.0 Å². The molecule has 2 heterocycles. The maximum Gasteiger partial charge on any atom is 0.269 e. The van der Waals surface area contributed by atoms with E-state index in [0.29, 0.717) is 18.0 Å². The van der Waals surface area contributed by atoms with Gasteiger partial charge in [0.25, 0.3) is 5.69 Å². The third-order valence-electron chi connectivity index (χ3n) is 4.29. The lowest BCUT2D eigenvalue weighted by molar-refractivity contribution is -0.385. The maximum absolute atomic E-state index is 10.8. The van der Waals surface area contributed by atoms with Gasteiger partial charge < -0.3 is 10.4 Å². The number of aliphatic hydroxyl groups is 1. The molecule has 7 heteroatoms. The van der Waals surface area contributed by atoms with Gasteiger partial charge >= 0.3 is 0 Å². The fraction of sp³-hybridized carbons (Fsp3) is 0.571. The van der Waals surface area contributed by atoms with Gasteiger partial charge in [-0.25, -0.2) is 0 Å². The number of nitrogens with zero attached hydrogens (tertiary/aromatic N) is 2. The number of nitro groups is 1. The van der Waals surface area contributed by atoms with Gasteiger partial charge in [0.15, 0.2) is 0 Å². The highest BCUT2D eigenvalue weighted by Gasteiger charge is 2.31. The molecule has 0 amide bonds. The molecule has 6 nitrogen and oxygen atoms in total. The van der Waals surface area contributed by atoms with Gasteiger partial charge in [0.05, 0.1) is 4.92 Å². The molecular weight excluding hydrogens is 294 g/mol. The van der Waals surface area contributed by atoms with Crippen molar-refractivity contribution >= 4 is 18.1 Å². The molecule has 1 atom stereocenters. The van der Waals surface area contributed by atoms with Gasteiger partial charge in [-0.2, -0.15) is 0 Å². The number of nitrogens with one attached hydrogen (secondary N) is 1.